The van der Waals surface area contributed by atoms with E-state index in [2.05, 4.69) is 15.6 Å². The van der Waals surface area contributed by atoms with Crippen molar-refractivity contribution in [3.63, 3.8) is 0 Å². The van der Waals surface area contributed by atoms with E-state index in [9.17, 15) is 9.59 Å². The Hall–Kier alpha value is -1.37. The molecule has 0 aliphatic carbocycles. The summed E-state index contributed by atoms with van der Waals surface area (Å²) in [5.41, 5.74) is 2.54. The third-order valence-electron chi connectivity index (χ3n) is 4.76. The first-order valence-corrected chi connectivity index (χ1v) is 8.08. The highest BCUT2D eigenvalue weighted by atomic mass is 35.5. The molecule has 24 heavy (non-hydrogen) atoms. The Morgan fingerprint density at radius 3 is 2.38 bits per heavy atom. The number of rotatable bonds is 6. The number of halogens is 1. The number of aryl methyl sites for hydroxylation is 1. The maximum absolute atomic E-state index is 12.5. The van der Waals surface area contributed by atoms with Crippen molar-refractivity contribution in [2.75, 3.05) is 33.4 Å². The van der Waals surface area contributed by atoms with Gasteiger partial charge in [0, 0.05) is 30.3 Å². The molecule has 3 N–H and O–H groups in total. The fraction of sp³-hybridized carbons (Fsp3) is 0.647. The molecular formula is C17H28ClN3O3. The van der Waals surface area contributed by atoms with Crippen molar-refractivity contribution in [1.82, 2.24) is 15.6 Å². The lowest BCUT2D eigenvalue weighted by Crippen LogP contribution is -2.47. The normalized spacial score (nSPS) is 16.3. The van der Waals surface area contributed by atoms with Gasteiger partial charge in [-0.25, -0.2) is 0 Å². The van der Waals surface area contributed by atoms with E-state index in [1.807, 2.05) is 13.8 Å². The van der Waals surface area contributed by atoms with Crippen LogP contribution in [0.1, 0.15) is 51.9 Å². The smallest absolute Gasteiger partial charge is 0.268 e. The van der Waals surface area contributed by atoms with E-state index in [1.54, 1.807) is 7.11 Å². The van der Waals surface area contributed by atoms with Crippen LogP contribution in [-0.2, 0) is 4.74 Å². The Balaban J connectivity index is 0.00000288. The van der Waals surface area contributed by atoms with Crippen LogP contribution in [0.2, 0.25) is 0 Å². The summed E-state index contributed by atoms with van der Waals surface area (Å²) in [5.74, 6) is -0.184. The zero-order valence-electron chi connectivity index (χ0n) is 14.9. The Kier molecular flexibility index (Phi) is 7.45. The summed E-state index contributed by atoms with van der Waals surface area (Å²) in [5, 5.41) is 6.36. The average molecular weight is 358 g/mol. The first kappa shape index (κ1) is 20.7. The number of hydrogen-bond donors (Lipinski definition) is 3. The number of aromatic amines is 1. The molecule has 1 aliphatic rings. The van der Waals surface area contributed by atoms with Gasteiger partial charge >= 0.3 is 0 Å². The molecule has 0 unspecified atom stereocenters. The Morgan fingerprint density at radius 2 is 1.88 bits per heavy atom. The molecule has 1 saturated heterocycles. The van der Waals surface area contributed by atoms with Crippen LogP contribution < -0.4 is 10.6 Å². The molecule has 0 aromatic carbocycles. The molecule has 0 bridgehead atoms. The summed E-state index contributed by atoms with van der Waals surface area (Å²) in [6, 6.07) is 0. The number of ether oxygens (including phenoxy) is 1. The van der Waals surface area contributed by atoms with Crippen LogP contribution in [0.15, 0.2) is 0 Å². The molecule has 1 fully saturated rings. The van der Waals surface area contributed by atoms with E-state index in [4.69, 9.17) is 4.74 Å². The second-order valence-corrected chi connectivity index (χ2v) is 6.55. The highest BCUT2D eigenvalue weighted by molar-refractivity contribution is 6.02. The standard InChI is InChI=1S/C17H27N3O3.ClH/c1-11-14(13(3)21)12(2)20-15(11)16(22)19-9-17(10-23-4)5-7-18-8-6-17;/h18,20H,5-10H2,1-4H3,(H,19,22);1H. The van der Waals surface area contributed by atoms with Crippen molar-refractivity contribution in [3.8, 4) is 0 Å². The van der Waals surface area contributed by atoms with Crippen LogP contribution in [0.25, 0.3) is 0 Å². The van der Waals surface area contributed by atoms with Crippen LogP contribution in [0, 0.1) is 19.3 Å². The molecule has 0 radical (unpaired) electrons. The number of ketones is 1. The predicted octanol–water partition coefficient (Wildman–Crippen LogP) is 2.00. The monoisotopic (exact) mass is 357 g/mol. The molecule has 6 nitrogen and oxygen atoms in total. The van der Waals surface area contributed by atoms with Gasteiger partial charge in [-0.1, -0.05) is 0 Å². The topological polar surface area (TPSA) is 83.2 Å². The van der Waals surface area contributed by atoms with Gasteiger partial charge in [-0.2, -0.15) is 0 Å². The van der Waals surface area contributed by atoms with Gasteiger partial charge in [-0.15, -0.1) is 12.4 Å². The largest absolute Gasteiger partial charge is 0.384 e. The molecular weight excluding hydrogens is 330 g/mol. The summed E-state index contributed by atoms with van der Waals surface area (Å²) in [6.07, 6.45) is 1.95. The van der Waals surface area contributed by atoms with Crippen LogP contribution in [-0.4, -0.2) is 50.0 Å². The lowest BCUT2D eigenvalue weighted by Gasteiger charge is -2.37. The number of nitrogens with one attached hydrogen (secondary N) is 3. The van der Waals surface area contributed by atoms with Gasteiger partial charge in [0.15, 0.2) is 5.78 Å². The van der Waals surface area contributed by atoms with Gasteiger partial charge in [-0.05, 0) is 52.3 Å². The van der Waals surface area contributed by atoms with Crippen molar-refractivity contribution in [1.29, 1.82) is 0 Å². The van der Waals surface area contributed by atoms with E-state index >= 15 is 0 Å². The molecule has 2 heterocycles. The first-order valence-electron chi connectivity index (χ1n) is 8.08. The number of carbonyl (C=O) groups excluding carboxylic acids is 2. The van der Waals surface area contributed by atoms with Gasteiger partial charge in [0.25, 0.3) is 5.91 Å². The van der Waals surface area contributed by atoms with Crippen molar-refractivity contribution in [2.45, 2.75) is 33.6 Å². The number of methoxy groups -OCH3 is 1. The third kappa shape index (κ3) is 4.37. The van der Waals surface area contributed by atoms with Gasteiger partial charge in [-0.3, -0.25) is 9.59 Å². The second kappa shape index (κ2) is 8.65. The Labute approximate surface area is 149 Å². The predicted molar refractivity (Wildman–Crippen MR) is 96.3 cm³/mol. The molecule has 1 amide bonds. The molecule has 1 aromatic rings. The number of Topliss-reactive ketones (excluding diaryl/α,β-unsaturated/α-hetero) is 1. The van der Waals surface area contributed by atoms with Crippen LogP contribution in [0.5, 0.6) is 0 Å². The molecule has 1 aromatic heterocycles. The number of carbonyl (C=O) groups is 2. The summed E-state index contributed by atoms with van der Waals surface area (Å²) < 4.78 is 5.37. The lowest BCUT2D eigenvalue weighted by molar-refractivity contribution is 0.0510. The number of aromatic nitrogens is 1. The SMILES string of the molecule is COCC1(CNC(=O)c2[nH]c(C)c(C(C)=O)c2C)CCNCC1.Cl. The number of hydrogen-bond acceptors (Lipinski definition) is 4. The van der Waals surface area contributed by atoms with Crippen LogP contribution in [0.4, 0.5) is 0 Å². The summed E-state index contributed by atoms with van der Waals surface area (Å²) in [7, 11) is 1.70. The minimum atomic E-state index is -0.160. The number of H-pyrrole nitrogens is 1. The maximum atomic E-state index is 12.5. The zero-order valence-corrected chi connectivity index (χ0v) is 15.7. The molecule has 7 heteroatoms. The van der Waals surface area contributed by atoms with E-state index in [0.29, 0.717) is 24.4 Å². The first-order chi connectivity index (χ1) is 10.9. The van der Waals surface area contributed by atoms with Gasteiger partial charge in [0.05, 0.1) is 6.61 Å². The van der Waals surface area contributed by atoms with Gasteiger partial charge < -0.3 is 20.4 Å². The van der Waals surface area contributed by atoms with E-state index in [1.165, 1.54) is 6.92 Å². The molecule has 0 spiro atoms. The summed E-state index contributed by atoms with van der Waals surface area (Å²) >= 11 is 0. The number of amides is 1. The lowest BCUT2D eigenvalue weighted by atomic mass is 9.79. The van der Waals surface area contributed by atoms with Crippen molar-refractivity contribution in [2.24, 2.45) is 5.41 Å². The van der Waals surface area contributed by atoms with Crippen molar-refractivity contribution >= 4 is 24.1 Å². The van der Waals surface area contributed by atoms with Gasteiger partial charge in [0.1, 0.15) is 5.69 Å². The third-order valence-corrected chi connectivity index (χ3v) is 4.76. The Bertz CT molecular complexity index is 587. The number of piperidine rings is 1. The minimum absolute atomic E-state index is 0. The van der Waals surface area contributed by atoms with E-state index in [0.717, 1.165) is 37.2 Å². The summed E-state index contributed by atoms with van der Waals surface area (Å²) in [4.78, 5) is 27.3. The molecule has 2 rings (SSSR count). The highest BCUT2D eigenvalue weighted by Gasteiger charge is 2.33. The molecule has 0 atom stereocenters. The van der Waals surface area contributed by atoms with E-state index < -0.39 is 0 Å². The van der Waals surface area contributed by atoms with Crippen LogP contribution in [0.3, 0.4) is 0 Å². The van der Waals surface area contributed by atoms with Crippen molar-refractivity contribution in [3.05, 3.63) is 22.5 Å². The molecule has 0 saturated carbocycles. The average Bonchev–Trinajstić information content (AvgIpc) is 2.81. The van der Waals surface area contributed by atoms with Crippen LogP contribution >= 0.6 is 12.4 Å². The zero-order chi connectivity index (χ0) is 17.0. The molecule has 136 valence electrons. The maximum Gasteiger partial charge on any atom is 0.268 e. The van der Waals surface area contributed by atoms with E-state index in [-0.39, 0.29) is 29.5 Å². The summed E-state index contributed by atoms with van der Waals surface area (Å²) in [6.45, 7) is 8.24. The fourth-order valence-electron chi connectivity index (χ4n) is 3.50. The minimum Gasteiger partial charge on any atom is -0.384 e. The second-order valence-electron chi connectivity index (χ2n) is 6.55. The fourth-order valence-corrected chi connectivity index (χ4v) is 3.50. The Morgan fingerprint density at radius 1 is 1.25 bits per heavy atom. The highest BCUT2D eigenvalue weighted by Crippen LogP contribution is 2.28. The van der Waals surface area contributed by atoms with Gasteiger partial charge in [0.2, 0.25) is 0 Å². The van der Waals surface area contributed by atoms with Crippen molar-refractivity contribution < 1.29 is 14.3 Å². The quantitative estimate of drug-likeness (QED) is 0.680. The molecule has 1 aliphatic heterocycles.